The maximum atomic E-state index is 6.15. The third-order valence-corrected chi connectivity index (χ3v) is 5.85. The summed E-state index contributed by atoms with van der Waals surface area (Å²) in [7, 11) is 0. The van der Waals surface area contributed by atoms with Crippen LogP contribution in [0.1, 0.15) is 30.7 Å². The van der Waals surface area contributed by atoms with Crippen molar-refractivity contribution in [1.82, 2.24) is 15.2 Å². The summed E-state index contributed by atoms with van der Waals surface area (Å²) >= 11 is 1.61. The van der Waals surface area contributed by atoms with Gasteiger partial charge < -0.3 is 19.2 Å². The molecule has 0 aliphatic carbocycles. The van der Waals surface area contributed by atoms with Crippen molar-refractivity contribution in [2.24, 2.45) is 0 Å². The average molecular weight is 378 g/mol. The van der Waals surface area contributed by atoms with Crippen LogP contribution in [0, 0.1) is 0 Å². The summed E-state index contributed by atoms with van der Waals surface area (Å²) in [5, 5.41) is 5.85. The summed E-state index contributed by atoms with van der Waals surface area (Å²) in [4.78, 5) is 6.77. The van der Waals surface area contributed by atoms with Gasteiger partial charge in [0.1, 0.15) is 5.76 Å². The van der Waals surface area contributed by atoms with E-state index < -0.39 is 0 Å². The van der Waals surface area contributed by atoms with Crippen LogP contribution in [0.25, 0.3) is 0 Å². The largest absolute Gasteiger partial charge is 0.468 e. The highest BCUT2D eigenvalue weighted by Gasteiger charge is 2.30. The van der Waals surface area contributed by atoms with Crippen LogP contribution in [0.15, 0.2) is 33.7 Å². The Bertz CT molecular complexity index is 627. The number of hydrogen-bond acceptors (Lipinski definition) is 7. The van der Waals surface area contributed by atoms with E-state index in [2.05, 4.69) is 20.6 Å². The van der Waals surface area contributed by atoms with Gasteiger partial charge in [0.15, 0.2) is 0 Å². The molecule has 0 amide bonds. The normalized spacial score (nSPS) is 25.5. The van der Waals surface area contributed by atoms with Crippen molar-refractivity contribution >= 4 is 11.3 Å². The van der Waals surface area contributed by atoms with Gasteiger partial charge in [-0.05, 0) is 31.4 Å². The van der Waals surface area contributed by atoms with Crippen LogP contribution in [-0.2, 0) is 22.6 Å². The summed E-state index contributed by atoms with van der Waals surface area (Å²) in [6.45, 7) is 5.20. The predicted octanol–water partition coefficient (Wildman–Crippen LogP) is 2.66. The highest BCUT2D eigenvalue weighted by atomic mass is 32.1. The van der Waals surface area contributed by atoms with E-state index >= 15 is 0 Å². The lowest BCUT2D eigenvalue weighted by Gasteiger charge is -2.38. The first kappa shape index (κ1) is 18.1. The van der Waals surface area contributed by atoms with Crippen molar-refractivity contribution in [3.8, 4) is 0 Å². The molecule has 4 rings (SSSR count). The molecule has 0 saturated carbocycles. The highest BCUT2D eigenvalue weighted by molar-refractivity contribution is 7.07. The molecule has 7 heteroatoms. The standard InChI is InChI=1S/C19H27N3O3S/c1-2-17(24-8-1)10-22-6-3-15(4-7-22)21-18-12-23-9-5-19(18)25-11-16-13-26-14-20-16/h1-2,8,13-15,18-19,21H,3-7,9-12H2/t18-,19+/m0/s1. The summed E-state index contributed by atoms with van der Waals surface area (Å²) in [5.41, 5.74) is 2.88. The van der Waals surface area contributed by atoms with Gasteiger partial charge in [0.25, 0.3) is 0 Å². The molecule has 2 atom stereocenters. The van der Waals surface area contributed by atoms with Crippen LogP contribution in [0.2, 0.25) is 0 Å². The molecule has 2 aliphatic heterocycles. The van der Waals surface area contributed by atoms with Gasteiger partial charge >= 0.3 is 0 Å². The van der Waals surface area contributed by atoms with Crippen LogP contribution in [0.3, 0.4) is 0 Å². The minimum Gasteiger partial charge on any atom is -0.468 e. The Hall–Kier alpha value is -1.25. The van der Waals surface area contributed by atoms with Crippen molar-refractivity contribution in [3.05, 3.63) is 40.7 Å². The molecular weight excluding hydrogens is 350 g/mol. The van der Waals surface area contributed by atoms with Crippen molar-refractivity contribution in [2.75, 3.05) is 26.3 Å². The minimum atomic E-state index is 0.201. The van der Waals surface area contributed by atoms with Gasteiger partial charge in [-0.2, -0.15) is 0 Å². The fourth-order valence-corrected chi connectivity index (χ4v) is 4.30. The fourth-order valence-electron chi connectivity index (χ4n) is 3.76. The Balaban J connectivity index is 1.23. The van der Waals surface area contributed by atoms with Crippen molar-refractivity contribution in [3.63, 3.8) is 0 Å². The van der Waals surface area contributed by atoms with E-state index in [9.17, 15) is 0 Å². The zero-order valence-corrected chi connectivity index (χ0v) is 15.8. The van der Waals surface area contributed by atoms with Gasteiger partial charge in [-0.1, -0.05) is 0 Å². The van der Waals surface area contributed by atoms with E-state index in [0.29, 0.717) is 12.6 Å². The van der Waals surface area contributed by atoms with E-state index in [1.165, 1.54) is 0 Å². The Morgan fingerprint density at radius 3 is 3.00 bits per heavy atom. The Morgan fingerprint density at radius 2 is 2.23 bits per heavy atom. The van der Waals surface area contributed by atoms with Gasteiger partial charge in [-0.15, -0.1) is 11.3 Å². The zero-order valence-electron chi connectivity index (χ0n) is 15.0. The monoisotopic (exact) mass is 377 g/mol. The number of nitrogens with one attached hydrogen (secondary N) is 1. The lowest BCUT2D eigenvalue weighted by atomic mass is 10.00. The van der Waals surface area contributed by atoms with Gasteiger partial charge in [-0.25, -0.2) is 4.98 Å². The predicted molar refractivity (Wildman–Crippen MR) is 100 cm³/mol. The van der Waals surface area contributed by atoms with E-state index in [-0.39, 0.29) is 12.1 Å². The second-order valence-electron chi connectivity index (χ2n) is 7.10. The van der Waals surface area contributed by atoms with Gasteiger partial charge in [0.05, 0.1) is 49.4 Å². The van der Waals surface area contributed by atoms with Crippen molar-refractivity contribution < 1.29 is 13.9 Å². The Kier molecular flexibility index (Phi) is 6.35. The maximum Gasteiger partial charge on any atom is 0.117 e. The molecule has 2 fully saturated rings. The third-order valence-electron chi connectivity index (χ3n) is 5.22. The molecule has 1 N–H and O–H groups in total. The van der Waals surface area contributed by atoms with Crippen LogP contribution < -0.4 is 5.32 Å². The molecule has 0 aromatic carbocycles. The number of piperidine rings is 1. The molecule has 6 nitrogen and oxygen atoms in total. The summed E-state index contributed by atoms with van der Waals surface area (Å²) in [5.74, 6) is 1.05. The molecule has 142 valence electrons. The molecule has 0 radical (unpaired) electrons. The first-order valence-electron chi connectivity index (χ1n) is 9.44. The van der Waals surface area contributed by atoms with Gasteiger partial charge in [0, 0.05) is 31.1 Å². The van der Waals surface area contributed by atoms with Crippen LogP contribution in [-0.4, -0.2) is 54.4 Å². The fraction of sp³-hybridized carbons (Fsp3) is 0.632. The topological polar surface area (TPSA) is 59.8 Å². The number of rotatable bonds is 7. The number of likely N-dealkylation sites (tertiary alicyclic amines) is 1. The molecule has 26 heavy (non-hydrogen) atoms. The Labute approximate surface area is 158 Å². The third kappa shape index (κ3) is 4.92. The molecule has 2 saturated heterocycles. The molecule has 2 aliphatic rings. The lowest BCUT2D eigenvalue weighted by molar-refractivity contribution is -0.0674. The van der Waals surface area contributed by atoms with Crippen LogP contribution in [0.4, 0.5) is 0 Å². The van der Waals surface area contributed by atoms with E-state index in [1.807, 2.05) is 17.6 Å². The summed E-state index contributed by atoms with van der Waals surface area (Å²) < 4.78 is 17.3. The van der Waals surface area contributed by atoms with E-state index in [4.69, 9.17) is 13.9 Å². The molecular formula is C19H27N3O3S. The molecule has 0 bridgehead atoms. The molecule has 2 aromatic heterocycles. The lowest BCUT2D eigenvalue weighted by Crippen LogP contribution is -2.54. The number of furan rings is 1. The van der Waals surface area contributed by atoms with E-state index in [0.717, 1.165) is 63.6 Å². The summed E-state index contributed by atoms with van der Waals surface area (Å²) in [6.07, 6.45) is 5.19. The average Bonchev–Trinajstić information content (AvgIpc) is 3.37. The van der Waals surface area contributed by atoms with Crippen molar-refractivity contribution in [2.45, 2.75) is 50.6 Å². The quantitative estimate of drug-likeness (QED) is 0.801. The first-order chi connectivity index (χ1) is 12.9. The molecule has 2 aromatic rings. The molecule has 0 spiro atoms. The zero-order chi connectivity index (χ0) is 17.6. The minimum absolute atomic E-state index is 0.201. The second kappa shape index (κ2) is 9.10. The van der Waals surface area contributed by atoms with Crippen LogP contribution in [0.5, 0.6) is 0 Å². The maximum absolute atomic E-state index is 6.15. The number of thiazole rings is 1. The SMILES string of the molecule is c1coc(CN2CCC(N[C@H]3COCC[C@H]3OCc3cscn3)CC2)c1. The summed E-state index contributed by atoms with van der Waals surface area (Å²) in [6, 6.07) is 4.80. The molecule has 4 heterocycles. The first-order valence-corrected chi connectivity index (χ1v) is 10.4. The number of ether oxygens (including phenoxy) is 2. The van der Waals surface area contributed by atoms with Gasteiger partial charge in [0.2, 0.25) is 0 Å². The smallest absolute Gasteiger partial charge is 0.117 e. The number of nitrogens with zero attached hydrogens (tertiary/aromatic N) is 2. The van der Waals surface area contributed by atoms with Gasteiger partial charge in [-0.3, -0.25) is 4.90 Å². The van der Waals surface area contributed by atoms with E-state index in [1.54, 1.807) is 17.6 Å². The highest BCUT2D eigenvalue weighted by Crippen LogP contribution is 2.19. The number of aromatic nitrogens is 1. The van der Waals surface area contributed by atoms with Crippen LogP contribution >= 0.6 is 11.3 Å². The Morgan fingerprint density at radius 1 is 1.31 bits per heavy atom. The molecule has 0 unspecified atom stereocenters. The number of hydrogen-bond donors (Lipinski definition) is 1. The second-order valence-corrected chi connectivity index (χ2v) is 7.81. The van der Waals surface area contributed by atoms with Crippen molar-refractivity contribution in [1.29, 1.82) is 0 Å².